The number of nitrogens with one attached hydrogen (secondary N) is 1. The number of hydrogen-bond donors (Lipinski definition) is 1. The number of benzene rings is 1. The lowest BCUT2D eigenvalue weighted by atomic mass is 10.0. The van der Waals surface area contributed by atoms with Crippen LogP contribution in [0.3, 0.4) is 0 Å². The molecule has 0 saturated carbocycles. The van der Waals surface area contributed by atoms with Gasteiger partial charge in [0.1, 0.15) is 5.69 Å². The first-order valence-electron chi connectivity index (χ1n) is 6.93. The van der Waals surface area contributed by atoms with Gasteiger partial charge in [-0.1, -0.05) is 29.8 Å². The summed E-state index contributed by atoms with van der Waals surface area (Å²) >= 11 is 0. The van der Waals surface area contributed by atoms with E-state index < -0.39 is 0 Å². The highest BCUT2D eigenvalue weighted by molar-refractivity contribution is 5.38. The quantitative estimate of drug-likeness (QED) is 0.910. The Morgan fingerprint density at radius 1 is 1.30 bits per heavy atom. The molecule has 2 aromatic rings. The molecule has 1 unspecified atom stereocenters. The Morgan fingerprint density at radius 3 is 2.60 bits per heavy atom. The predicted molar refractivity (Wildman–Crippen MR) is 81.2 cm³/mol. The third-order valence-electron chi connectivity index (χ3n) is 3.45. The van der Waals surface area contributed by atoms with Crippen LogP contribution in [0.5, 0.6) is 5.75 Å². The number of aromatic nitrogens is 2. The van der Waals surface area contributed by atoms with Gasteiger partial charge in [-0.05, 0) is 33.4 Å². The van der Waals surface area contributed by atoms with E-state index in [0.717, 1.165) is 11.4 Å². The summed E-state index contributed by atoms with van der Waals surface area (Å²) in [5, 5.41) is 7.83. The van der Waals surface area contributed by atoms with Crippen LogP contribution in [0.4, 0.5) is 0 Å². The fourth-order valence-electron chi connectivity index (χ4n) is 2.51. The first-order valence-corrected chi connectivity index (χ1v) is 6.93. The van der Waals surface area contributed by atoms with Gasteiger partial charge >= 0.3 is 0 Å². The number of hydrogen-bond acceptors (Lipinski definition) is 3. The monoisotopic (exact) mass is 273 g/mol. The van der Waals surface area contributed by atoms with Gasteiger partial charge in [0.25, 0.3) is 0 Å². The van der Waals surface area contributed by atoms with E-state index in [2.05, 4.69) is 55.5 Å². The number of nitrogens with zero attached hydrogens (tertiary/aromatic N) is 2. The lowest BCUT2D eigenvalue weighted by Gasteiger charge is -2.21. The maximum Gasteiger partial charge on any atom is 0.161 e. The van der Waals surface area contributed by atoms with E-state index in [-0.39, 0.29) is 12.1 Å². The molecule has 4 nitrogen and oxygen atoms in total. The normalized spacial score (nSPS) is 12.7. The van der Waals surface area contributed by atoms with E-state index in [4.69, 9.17) is 4.74 Å². The largest absolute Gasteiger partial charge is 0.493 e. The fraction of sp³-hybridized carbons (Fsp3) is 0.438. The van der Waals surface area contributed by atoms with Crippen molar-refractivity contribution in [1.82, 2.24) is 15.1 Å². The zero-order valence-corrected chi connectivity index (χ0v) is 12.8. The van der Waals surface area contributed by atoms with Crippen molar-refractivity contribution in [3.63, 3.8) is 0 Å². The molecule has 1 aromatic carbocycles. The van der Waals surface area contributed by atoms with Crippen LogP contribution >= 0.6 is 0 Å². The SMILES string of the molecule is CNC(c1cccc(C)c1)c1c(OC)cnn1C(C)C. The second-order valence-corrected chi connectivity index (χ2v) is 5.27. The molecule has 0 saturated heterocycles. The van der Waals surface area contributed by atoms with Crippen molar-refractivity contribution >= 4 is 0 Å². The van der Waals surface area contributed by atoms with Gasteiger partial charge in [-0.15, -0.1) is 0 Å². The Balaban J connectivity index is 2.54. The smallest absolute Gasteiger partial charge is 0.161 e. The molecule has 0 fully saturated rings. The summed E-state index contributed by atoms with van der Waals surface area (Å²) in [5.74, 6) is 0.819. The minimum atomic E-state index is 0.0646. The van der Waals surface area contributed by atoms with Gasteiger partial charge in [-0.2, -0.15) is 5.10 Å². The number of methoxy groups -OCH3 is 1. The molecule has 2 rings (SSSR count). The molecular formula is C16H23N3O. The van der Waals surface area contributed by atoms with E-state index in [1.54, 1.807) is 13.3 Å². The molecule has 0 aliphatic carbocycles. The summed E-state index contributed by atoms with van der Waals surface area (Å²) < 4.78 is 7.50. The van der Waals surface area contributed by atoms with E-state index in [9.17, 15) is 0 Å². The maximum atomic E-state index is 5.49. The molecule has 1 N–H and O–H groups in total. The minimum Gasteiger partial charge on any atom is -0.493 e. The molecule has 4 heteroatoms. The van der Waals surface area contributed by atoms with Crippen molar-refractivity contribution in [1.29, 1.82) is 0 Å². The van der Waals surface area contributed by atoms with Crippen LogP contribution in [0.15, 0.2) is 30.5 Å². The Bertz CT molecular complexity index is 575. The van der Waals surface area contributed by atoms with Crippen molar-refractivity contribution < 1.29 is 4.74 Å². The number of ether oxygens (including phenoxy) is 1. The summed E-state index contributed by atoms with van der Waals surface area (Å²) in [6.07, 6.45) is 1.79. The van der Waals surface area contributed by atoms with Gasteiger partial charge in [-0.25, -0.2) is 0 Å². The van der Waals surface area contributed by atoms with Gasteiger partial charge in [0, 0.05) is 6.04 Å². The van der Waals surface area contributed by atoms with Crippen molar-refractivity contribution in [3.05, 3.63) is 47.3 Å². The zero-order chi connectivity index (χ0) is 14.7. The average molecular weight is 273 g/mol. The molecule has 0 aliphatic heterocycles. The molecular weight excluding hydrogens is 250 g/mol. The van der Waals surface area contributed by atoms with Gasteiger partial charge in [0.2, 0.25) is 0 Å². The number of aryl methyl sites for hydroxylation is 1. The summed E-state index contributed by atoms with van der Waals surface area (Å²) in [6.45, 7) is 6.35. The molecule has 0 amide bonds. The lowest BCUT2D eigenvalue weighted by Crippen LogP contribution is -2.23. The predicted octanol–water partition coefficient (Wildman–Crippen LogP) is 3.09. The van der Waals surface area contributed by atoms with E-state index in [1.807, 2.05) is 11.7 Å². The van der Waals surface area contributed by atoms with Crippen molar-refractivity contribution in [2.24, 2.45) is 0 Å². The van der Waals surface area contributed by atoms with Gasteiger partial charge in [-0.3, -0.25) is 4.68 Å². The molecule has 108 valence electrons. The highest BCUT2D eigenvalue weighted by Gasteiger charge is 2.23. The van der Waals surface area contributed by atoms with Crippen LogP contribution in [-0.2, 0) is 0 Å². The Hall–Kier alpha value is -1.81. The Kier molecular flexibility index (Phi) is 4.45. The third-order valence-corrected chi connectivity index (χ3v) is 3.45. The fourth-order valence-corrected chi connectivity index (χ4v) is 2.51. The lowest BCUT2D eigenvalue weighted by molar-refractivity contribution is 0.396. The van der Waals surface area contributed by atoms with Crippen molar-refractivity contribution in [2.75, 3.05) is 14.2 Å². The summed E-state index contributed by atoms with van der Waals surface area (Å²) in [6, 6.07) is 8.86. The van der Waals surface area contributed by atoms with Gasteiger partial charge < -0.3 is 10.1 Å². The highest BCUT2D eigenvalue weighted by Crippen LogP contribution is 2.31. The topological polar surface area (TPSA) is 39.1 Å². The van der Waals surface area contributed by atoms with Crippen LogP contribution < -0.4 is 10.1 Å². The van der Waals surface area contributed by atoms with Crippen LogP contribution in [0, 0.1) is 6.92 Å². The summed E-state index contributed by atoms with van der Waals surface area (Å²) in [7, 11) is 3.65. The molecule has 1 heterocycles. The minimum absolute atomic E-state index is 0.0646. The van der Waals surface area contributed by atoms with E-state index >= 15 is 0 Å². The van der Waals surface area contributed by atoms with Gasteiger partial charge in [0.05, 0.1) is 19.3 Å². The first-order chi connectivity index (χ1) is 9.58. The molecule has 1 aromatic heterocycles. The van der Waals surface area contributed by atoms with Crippen molar-refractivity contribution in [3.8, 4) is 5.75 Å². The van der Waals surface area contributed by atoms with E-state index in [0.29, 0.717) is 0 Å². The molecule has 20 heavy (non-hydrogen) atoms. The Morgan fingerprint density at radius 2 is 2.05 bits per heavy atom. The second-order valence-electron chi connectivity index (χ2n) is 5.27. The standard InChI is InChI=1S/C16H23N3O/c1-11(2)19-16(14(20-5)10-18-19)15(17-4)13-8-6-7-12(3)9-13/h6-11,15,17H,1-5H3. The third kappa shape index (κ3) is 2.70. The Labute approximate surface area is 120 Å². The molecule has 0 spiro atoms. The molecule has 0 bridgehead atoms. The molecule has 0 aliphatic rings. The van der Waals surface area contributed by atoms with Crippen LogP contribution in [-0.4, -0.2) is 23.9 Å². The molecule has 1 atom stereocenters. The van der Waals surface area contributed by atoms with E-state index in [1.165, 1.54) is 11.1 Å². The van der Waals surface area contributed by atoms with Crippen LogP contribution in [0.2, 0.25) is 0 Å². The zero-order valence-electron chi connectivity index (χ0n) is 12.8. The van der Waals surface area contributed by atoms with Crippen LogP contribution in [0.1, 0.15) is 42.8 Å². The van der Waals surface area contributed by atoms with Crippen molar-refractivity contribution in [2.45, 2.75) is 32.9 Å². The number of rotatable bonds is 5. The summed E-state index contributed by atoms with van der Waals surface area (Å²) in [5.41, 5.74) is 3.53. The maximum absolute atomic E-state index is 5.49. The highest BCUT2D eigenvalue weighted by atomic mass is 16.5. The average Bonchev–Trinajstić information content (AvgIpc) is 2.84. The summed E-state index contributed by atoms with van der Waals surface area (Å²) in [4.78, 5) is 0. The first kappa shape index (κ1) is 14.6. The van der Waals surface area contributed by atoms with Gasteiger partial charge in [0.15, 0.2) is 5.75 Å². The molecule has 0 radical (unpaired) electrons. The second kappa shape index (κ2) is 6.09. The van der Waals surface area contributed by atoms with Crippen LogP contribution in [0.25, 0.3) is 0 Å².